The maximum Gasteiger partial charge on any atom is 0.224 e. The molecule has 0 saturated carbocycles. The molecule has 2 bridgehead atoms. The highest BCUT2D eigenvalue weighted by Gasteiger charge is 2.33. The van der Waals surface area contributed by atoms with Crippen molar-refractivity contribution in [3.05, 3.63) is 29.8 Å². The van der Waals surface area contributed by atoms with Crippen LogP contribution in [0.4, 0.5) is 0 Å². The fourth-order valence-corrected chi connectivity index (χ4v) is 3.29. The van der Waals surface area contributed by atoms with Crippen molar-refractivity contribution in [1.29, 1.82) is 0 Å². The molecule has 2 aliphatic rings. The lowest BCUT2D eigenvalue weighted by atomic mass is 9.99. The average Bonchev–Trinajstić information content (AvgIpc) is 2.72. The number of rotatable bonds is 3. The van der Waals surface area contributed by atoms with E-state index in [9.17, 15) is 9.90 Å². The molecule has 2 unspecified atom stereocenters. The SMILES string of the molecule is O=C(Cc1ccccc1O)NC1CC2CCC(C1)N2. The Balaban J connectivity index is 1.56. The monoisotopic (exact) mass is 260 g/mol. The Morgan fingerprint density at radius 1 is 1.26 bits per heavy atom. The summed E-state index contributed by atoms with van der Waals surface area (Å²) >= 11 is 0. The summed E-state index contributed by atoms with van der Waals surface area (Å²) in [6, 6.07) is 8.46. The van der Waals surface area contributed by atoms with Crippen molar-refractivity contribution < 1.29 is 9.90 Å². The van der Waals surface area contributed by atoms with Gasteiger partial charge in [0.2, 0.25) is 5.91 Å². The molecule has 3 rings (SSSR count). The third kappa shape index (κ3) is 2.89. The predicted octanol–water partition coefficient (Wildman–Crippen LogP) is 1.33. The van der Waals surface area contributed by atoms with Crippen LogP contribution in [0, 0.1) is 0 Å². The zero-order valence-electron chi connectivity index (χ0n) is 10.9. The number of fused-ring (bicyclic) bond motifs is 2. The molecule has 4 heteroatoms. The van der Waals surface area contributed by atoms with Crippen LogP contribution in [0.2, 0.25) is 0 Å². The molecule has 3 N–H and O–H groups in total. The molecule has 2 atom stereocenters. The summed E-state index contributed by atoms with van der Waals surface area (Å²) in [6.45, 7) is 0. The molecule has 2 heterocycles. The number of para-hydroxylation sites is 1. The van der Waals surface area contributed by atoms with E-state index in [4.69, 9.17) is 0 Å². The van der Waals surface area contributed by atoms with Gasteiger partial charge in [-0.2, -0.15) is 0 Å². The Labute approximate surface area is 113 Å². The van der Waals surface area contributed by atoms with E-state index in [0.29, 0.717) is 17.6 Å². The molecule has 0 aromatic heterocycles. The first kappa shape index (κ1) is 12.5. The van der Waals surface area contributed by atoms with Crippen LogP contribution >= 0.6 is 0 Å². The number of piperidine rings is 1. The Morgan fingerprint density at radius 3 is 2.63 bits per heavy atom. The second-order valence-electron chi connectivity index (χ2n) is 5.68. The highest BCUT2D eigenvalue weighted by atomic mass is 16.3. The third-order valence-electron chi connectivity index (χ3n) is 4.18. The van der Waals surface area contributed by atoms with Crippen LogP contribution < -0.4 is 10.6 Å². The van der Waals surface area contributed by atoms with Gasteiger partial charge in [-0.15, -0.1) is 0 Å². The molecule has 19 heavy (non-hydrogen) atoms. The summed E-state index contributed by atoms with van der Waals surface area (Å²) in [4.78, 5) is 12.0. The van der Waals surface area contributed by atoms with Gasteiger partial charge < -0.3 is 15.7 Å². The molecule has 0 aliphatic carbocycles. The van der Waals surface area contributed by atoms with E-state index < -0.39 is 0 Å². The van der Waals surface area contributed by atoms with Crippen molar-refractivity contribution in [2.45, 2.75) is 50.2 Å². The number of hydrogen-bond donors (Lipinski definition) is 3. The fourth-order valence-electron chi connectivity index (χ4n) is 3.29. The van der Waals surface area contributed by atoms with Crippen LogP contribution in [0.5, 0.6) is 5.75 Å². The van der Waals surface area contributed by atoms with Crippen LogP contribution in [0.25, 0.3) is 0 Å². The van der Waals surface area contributed by atoms with Gasteiger partial charge in [0.1, 0.15) is 5.75 Å². The Hall–Kier alpha value is -1.55. The molecule has 4 nitrogen and oxygen atoms in total. The molecule has 2 fully saturated rings. The van der Waals surface area contributed by atoms with Crippen molar-refractivity contribution in [2.75, 3.05) is 0 Å². The van der Waals surface area contributed by atoms with Crippen molar-refractivity contribution in [3.63, 3.8) is 0 Å². The van der Waals surface area contributed by atoms with E-state index in [0.717, 1.165) is 12.8 Å². The van der Waals surface area contributed by atoms with Gasteiger partial charge in [-0.3, -0.25) is 4.79 Å². The molecule has 1 amide bonds. The first-order valence-electron chi connectivity index (χ1n) is 7.03. The second kappa shape index (κ2) is 5.21. The summed E-state index contributed by atoms with van der Waals surface area (Å²) < 4.78 is 0. The number of nitrogens with one attached hydrogen (secondary N) is 2. The van der Waals surface area contributed by atoms with Crippen molar-refractivity contribution >= 4 is 5.91 Å². The molecule has 2 aliphatic heterocycles. The summed E-state index contributed by atoms with van der Waals surface area (Å²) in [6.07, 6.45) is 4.78. The van der Waals surface area contributed by atoms with Crippen LogP contribution in [-0.2, 0) is 11.2 Å². The fraction of sp³-hybridized carbons (Fsp3) is 0.533. The third-order valence-corrected chi connectivity index (χ3v) is 4.18. The molecule has 102 valence electrons. The Bertz CT molecular complexity index is 463. The first-order valence-corrected chi connectivity index (χ1v) is 7.03. The lowest BCUT2D eigenvalue weighted by Gasteiger charge is -2.29. The van der Waals surface area contributed by atoms with E-state index in [1.807, 2.05) is 6.07 Å². The van der Waals surface area contributed by atoms with Crippen LogP contribution in [0.15, 0.2) is 24.3 Å². The van der Waals surface area contributed by atoms with Crippen molar-refractivity contribution in [2.24, 2.45) is 0 Å². The van der Waals surface area contributed by atoms with Crippen molar-refractivity contribution in [3.8, 4) is 5.75 Å². The van der Waals surface area contributed by atoms with Gasteiger partial charge in [0.25, 0.3) is 0 Å². The highest BCUT2D eigenvalue weighted by Crippen LogP contribution is 2.26. The van der Waals surface area contributed by atoms with Gasteiger partial charge in [-0.1, -0.05) is 18.2 Å². The molecule has 1 aromatic rings. The average molecular weight is 260 g/mol. The normalized spacial score (nSPS) is 29.2. The topological polar surface area (TPSA) is 61.4 Å². The smallest absolute Gasteiger partial charge is 0.224 e. The van der Waals surface area contributed by atoms with E-state index in [1.165, 1.54) is 12.8 Å². The summed E-state index contributed by atoms with van der Waals surface area (Å²) in [5, 5.41) is 16.3. The number of benzene rings is 1. The minimum absolute atomic E-state index is 0.00722. The van der Waals surface area contributed by atoms with Gasteiger partial charge in [0, 0.05) is 23.7 Å². The summed E-state index contributed by atoms with van der Waals surface area (Å²) in [5.41, 5.74) is 0.692. The molecule has 1 aromatic carbocycles. The van der Waals surface area contributed by atoms with E-state index in [1.54, 1.807) is 18.2 Å². The van der Waals surface area contributed by atoms with E-state index >= 15 is 0 Å². The molecule has 0 spiro atoms. The van der Waals surface area contributed by atoms with Gasteiger partial charge in [0.05, 0.1) is 6.42 Å². The van der Waals surface area contributed by atoms with Crippen LogP contribution in [0.1, 0.15) is 31.2 Å². The van der Waals surface area contributed by atoms with Gasteiger partial charge in [-0.25, -0.2) is 0 Å². The quantitative estimate of drug-likeness (QED) is 0.768. The zero-order chi connectivity index (χ0) is 13.2. The molecular formula is C15H20N2O2. The molecule has 2 saturated heterocycles. The number of phenols is 1. The lowest BCUT2D eigenvalue weighted by molar-refractivity contribution is -0.121. The number of carbonyl (C=O) groups is 1. The van der Waals surface area contributed by atoms with Gasteiger partial charge in [-0.05, 0) is 31.7 Å². The maximum atomic E-state index is 12.0. The van der Waals surface area contributed by atoms with Gasteiger partial charge in [0.15, 0.2) is 0 Å². The lowest BCUT2D eigenvalue weighted by Crippen LogP contribution is -2.48. The number of phenolic OH excluding ortho intramolecular Hbond substituents is 1. The molecular weight excluding hydrogens is 240 g/mol. The van der Waals surface area contributed by atoms with Gasteiger partial charge >= 0.3 is 0 Å². The summed E-state index contributed by atoms with van der Waals surface area (Å²) in [5.74, 6) is 0.204. The minimum atomic E-state index is 0.00722. The number of carbonyl (C=O) groups excluding carboxylic acids is 1. The summed E-state index contributed by atoms with van der Waals surface area (Å²) in [7, 11) is 0. The largest absolute Gasteiger partial charge is 0.508 e. The highest BCUT2D eigenvalue weighted by molar-refractivity contribution is 5.79. The van der Waals surface area contributed by atoms with Crippen molar-refractivity contribution in [1.82, 2.24) is 10.6 Å². The van der Waals surface area contributed by atoms with Crippen LogP contribution in [-0.4, -0.2) is 29.1 Å². The molecule has 0 radical (unpaired) electrons. The predicted molar refractivity (Wildman–Crippen MR) is 72.9 cm³/mol. The number of amides is 1. The number of hydrogen-bond acceptors (Lipinski definition) is 3. The van der Waals surface area contributed by atoms with E-state index in [2.05, 4.69) is 10.6 Å². The Kier molecular flexibility index (Phi) is 3.42. The first-order chi connectivity index (χ1) is 9.20. The zero-order valence-corrected chi connectivity index (χ0v) is 10.9. The van der Waals surface area contributed by atoms with E-state index in [-0.39, 0.29) is 24.1 Å². The van der Waals surface area contributed by atoms with Crippen LogP contribution in [0.3, 0.4) is 0 Å². The standard InChI is InChI=1S/C15H20N2O2/c18-14-4-2-1-3-10(14)7-15(19)17-13-8-11-5-6-12(9-13)16-11/h1-4,11-13,16,18H,5-9H2,(H,17,19). The minimum Gasteiger partial charge on any atom is -0.508 e. The Morgan fingerprint density at radius 2 is 1.95 bits per heavy atom. The maximum absolute atomic E-state index is 12.0. The number of aromatic hydroxyl groups is 1. The second-order valence-corrected chi connectivity index (χ2v) is 5.68.